The summed E-state index contributed by atoms with van der Waals surface area (Å²) in [4.78, 5) is 30.7. The molecule has 3 aliphatic rings. The summed E-state index contributed by atoms with van der Waals surface area (Å²) < 4.78 is 19.8. The zero-order valence-corrected chi connectivity index (χ0v) is 36.0. The van der Waals surface area contributed by atoms with Gasteiger partial charge in [0.2, 0.25) is 0 Å². The van der Waals surface area contributed by atoms with Crippen LogP contribution >= 0.6 is 0 Å². The third-order valence-electron chi connectivity index (χ3n) is 13.1. The van der Waals surface area contributed by atoms with Crippen molar-refractivity contribution in [2.45, 2.75) is 93.4 Å². The number of nitrogens with zero attached hydrogens (tertiary/aromatic N) is 4. The Morgan fingerprint density at radius 2 is 1.63 bits per heavy atom. The van der Waals surface area contributed by atoms with Crippen molar-refractivity contribution in [2.75, 3.05) is 23.9 Å². The van der Waals surface area contributed by atoms with Crippen molar-refractivity contribution in [1.82, 2.24) is 15.0 Å². The molecule has 10 atom stereocenters. The Morgan fingerprint density at radius 3 is 2.31 bits per heavy atom. The first-order chi connectivity index (χ1) is 29.8. The number of aromatic nitrogens is 3. The van der Waals surface area contributed by atoms with Crippen LogP contribution in [-0.4, -0.2) is 111 Å². The van der Waals surface area contributed by atoms with E-state index in [0.29, 0.717) is 29.9 Å². The lowest BCUT2D eigenvalue weighted by Crippen LogP contribution is -2.60. The fraction of sp³-hybridized carbons (Fsp3) is 0.391. The minimum Gasteiger partial charge on any atom is -0.497 e. The number of aliphatic hydroxyl groups is 5. The zero-order chi connectivity index (χ0) is 43.9. The van der Waals surface area contributed by atoms with E-state index in [2.05, 4.69) is 47.8 Å². The number of amides is 2. The molecule has 2 amide bonds. The number of benzene rings is 4. The summed E-state index contributed by atoms with van der Waals surface area (Å²) in [6, 6.07) is 32.5. The smallest absolute Gasteiger partial charge is 0.264 e. The Hall–Kier alpha value is -5.30. The van der Waals surface area contributed by atoms with Crippen molar-refractivity contribution < 1.29 is 49.3 Å². The maximum Gasteiger partial charge on any atom is 0.264 e. The molecular weight excluding hydrogens is 811 g/mol. The third-order valence-corrected chi connectivity index (χ3v) is 17.4. The van der Waals surface area contributed by atoms with Crippen molar-refractivity contribution in [3.8, 4) is 5.75 Å². The van der Waals surface area contributed by atoms with Crippen LogP contribution in [0.15, 0.2) is 109 Å². The second kappa shape index (κ2) is 17.5. The summed E-state index contributed by atoms with van der Waals surface area (Å²) in [5.74, 6) is -1.10. The van der Waals surface area contributed by atoms with E-state index in [1.165, 1.54) is 0 Å². The van der Waals surface area contributed by atoms with Crippen LogP contribution in [0.2, 0.25) is 18.6 Å². The van der Waals surface area contributed by atoms with Gasteiger partial charge in [-0.1, -0.05) is 103 Å². The number of hydrogen-bond acceptors (Lipinski definition) is 12. The van der Waals surface area contributed by atoms with E-state index in [-0.39, 0.29) is 42.1 Å². The van der Waals surface area contributed by atoms with Gasteiger partial charge >= 0.3 is 0 Å². The minimum absolute atomic E-state index is 0.125. The summed E-state index contributed by atoms with van der Waals surface area (Å²) in [5, 5.41) is 64.2. The van der Waals surface area contributed by atoms with E-state index in [9.17, 15) is 30.3 Å². The van der Waals surface area contributed by atoms with Crippen LogP contribution < -0.4 is 20.1 Å². The van der Waals surface area contributed by atoms with Crippen LogP contribution in [-0.2, 0) is 37.8 Å². The number of aliphatic hydroxyl groups excluding tert-OH is 5. The molecular formula is C46H53N5O10Si. The topological polar surface area (TPSA) is 209 Å². The molecule has 1 aromatic heterocycles. The highest BCUT2D eigenvalue weighted by atomic mass is 28.3. The molecule has 2 saturated heterocycles. The summed E-state index contributed by atoms with van der Waals surface area (Å²) in [7, 11) is -0.920. The molecule has 62 heavy (non-hydrogen) atoms. The first kappa shape index (κ1) is 43.3. The van der Waals surface area contributed by atoms with E-state index in [4.69, 9.17) is 14.2 Å². The van der Waals surface area contributed by atoms with E-state index in [1.807, 2.05) is 79.0 Å². The molecule has 0 radical (unpaired) electrons. The fourth-order valence-electron chi connectivity index (χ4n) is 9.77. The summed E-state index contributed by atoms with van der Waals surface area (Å²) >= 11 is 0. The Kier molecular flexibility index (Phi) is 12.2. The molecule has 3 aliphatic heterocycles. The molecule has 0 aliphatic carbocycles. The Labute approximate surface area is 360 Å². The number of hydrogen-bond donors (Lipinski definition) is 6. The quantitative estimate of drug-likeness (QED) is 0.0945. The molecule has 1 spiro atoms. The summed E-state index contributed by atoms with van der Waals surface area (Å²) in [6.45, 7) is 7.19. The molecule has 4 aromatic carbocycles. The predicted molar refractivity (Wildman–Crippen MR) is 231 cm³/mol. The first-order valence-corrected chi connectivity index (χ1v) is 23.9. The molecule has 0 bridgehead atoms. The minimum atomic E-state index is -2.55. The molecule has 8 rings (SSSR count). The van der Waals surface area contributed by atoms with Gasteiger partial charge in [0.1, 0.15) is 24.1 Å². The molecule has 2 fully saturated rings. The van der Waals surface area contributed by atoms with Crippen LogP contribution in [0.4, 0.5) is 11.4 Å². The second-order valence-corrected chi connectivity index (χ2v) is 21.7. The highest BCUT2D eigenvalue weighted by Crippen LogP contribution is 2.60. The highest BCUT2D eigenvalue weighted by Gasteiger charge is 2.66. The van der Waals surface area contributed by atoms with Gasteiger partial charge in [-0.3, -0.25) is 14.3 Å². The first-order valence-electron chi connectivity index (χ1n) is 20.9. The monoisotopic (exact) mass is 863 g/mol. The van der Waals surface area contributed by atoms with Gasteiger partial charge in [0, 0.05) is 29.9 Å². The zero-order valence-electron chi connectivity index (χ0n) is 35.0. The highest BCUT2D eigenvalue weighted by molar-refractivity contribution is 6.91. The lowest BCUT2D eigenvalue weighted by atomic mass is 9.82. The number of carbonyl (C=O) groups is 2. The molecule has 6 N–H and O–H groups in total. The lowest BCUT2D eigenvalue weighted by Gasteiger charge is -2.37. The van der Waals surface area contributed by atoms with Gasteiger partial charge in [-0.05, 0) is 53.4 Å². The van der Waals surface area contributed by atoms with Gasteiger partial charge in [0.15, 0.2) is 18.0 Å². The Balaban J connectivity index is 1.17. The predicted octanol–water partition coefficient (Wildman–Crippen LogP) is 3.00. The van der Waals surface area contributed by atoms with Gasteiger partial charge in [-0.2, -0.15) is 0 Å². The largest absolute Gasteiger partial charge is 0.497 e. The SMILES string of the molecule is COc1ccc([Si](C)(C)[C@H]2[C@H](CCn3cc(C(CO)c4ccccc4)nn3)O[C@@]3(C(=O)N(Cc4ccccc4)c4ccc(NC(=O)[C@H]5O[C@@H](O)[C@H](O)[C@@H](O)[C@@H]5O)cc43)[C@@H]2C)cc1. The molecule has 0 saturated carbocycles. The van der Waals surface area contributed by atoms with Gasteiger partial charge in [-0.15, -0.1) is 5.10 Å². The average molecular weight is 864 g/mol. The molecule has 4 heterocycles. The molecule has 326 valence electrons. The molecule has 15 nitrogen and oxygen atoms in total. The number of fused-ring (bicyclic) bond motifs is 2. The Morgan fingerprint density at radius 1 is 0.935 bits per heavy atom. The standard InChI is InChI=1S/C46H53N5O10Si/c1-27-42(62(3,4)32-18-16-31(59-2)17-19-32)37(21-22-50-25-35(48-49-50)33(26-52)29-13-9-6-10-14-29)61-46(27)34-23-30(47-43(56)41-39(54)38(53)40(55)44(57)60-41)15-20-36(34)51(45(46)58)24-28-11-7-5-8-12-28/h5-20,23,25,27,33,37-42,44,52-55,57H,21-22,24,26H2,1-4H3,(H,47,56)/t27-,33?,37+,38+,39+,40-,41+,42-,44-,46+/m1/s1. The van der Waals surface area contributed by atoms with Crippen LogP contribution in [0.3, 0.4) is 0 Å². The van der Waals surface area contributed by atoms with Crippen molar-refractivity contribution >= 4 is 36.4 Å². The van der Waals surface area contributed by atoms with E-state index < -0.39 is 56.4 Å². The second-order valence-electron chi connectivity index (χ2n) is 17.0. The van der Waals surface area contributed by atoms with Gasteiger partial charge in [0.05, 0.1) is 51.7 Å². The number of methoxy groups -OCH3 is 1. The number of aryl methyl sites for hydroxylation is 1. The van der Waals surface area contributed by atoms with Crippen LogP contribution in [0.5, 0.6) is 5.75 Å². The maximum atomic E-state index is 15.4. The van der Waals surface area contributed by atoms with Gasteiger partial charge < -0.3 is 50.0 Å². The van der Waals surface area contributed by atoms with Gasteiger partial charge in [-0.25, -0.2) is 0 Å². The number of nitrogens with one attached hydrogen (secondary N) is 1. The Bertz CT molecular complexity index is 2370. The number of anilines is 2. The van der Waals surface area contributed by atoms with Crippen LogP contribution in [0.25, 0.3) is 0 Å². The van der Waals surface area contributed by atoms with E-state index in [1.54, 1.807) is 34.9 Å². The number of ether oxygens (including phenoxy) is 3. The molecule has 5 aromatic rings. The van der Waals surface area contributed by atoms with Crippen molar-refractivity contribution in [2.24, 2.45) is 5.92 Å². The van der Waals surface area contributed by atoms with Crippen LogP contribution in [0.1, 0.15) is 41.6 Å². The van der Waals surface area contributed by atoms with Crippen molar-refractivity contribution in [1.29, 1.82) is 0 Å². The lowest BCUT2D eigenvalue weighted by molar-refractivity contribution is -0.274. The third kappa shape index (κ3) is 7.75. The van der Waals surface area contributed by atoms with Crippen molar-refractivity contribution in [3.05, 3.63) is 132 Å². The van der Waals surface area contributed by atoms with E-state index >= 15 is 4.79 Å². The van der Waals surface area contributed by atoms with Crippen LogP contribution in [0, 0.1) is 5.92 Å². The number of carbonyl (C=O) groups excluding carboxylic acids is 2. The van der Waals surface area contributed by atoms with Crippen molar-refractivity contribution in [3.63, 3.8) is 0 Å². The maximum absolute atomic E-state index is 15.4. The molecule has 16 heteroatoms. The number of rotatable bonds is 13. The summed E-state index contributed by atoms with van der Waals surface area (Å²) in [5.41, 5.74) is 2.31. The average Bonchev–Trinajstić information content (AvgIpc) is 3.94. The fourth-order valence-corrected chi connectivity index (χ4v) is 13.8. The van der Waals surface area contributed by atoms with E-state index in [0.717, 1.165) is 22.1 Å². The molecule has 1 unspecified atom stereocenters. The normalized spacial score (nSPS) is 27.6. The summed E-state index contributed by atoms with van der Waals surface area (Å²) in [6.07, 6.45) is -7.18. The van der Waals surface area contributed by atoms with Gasteiger partial charge in [0.25, 0.3) is 11.8 Å².